The molecule has 0 saturated carbocycles. The maximum absolute atomic E-state index is 9.10. The fraction of sp³-hybridized carbons (Fsp3) is 0.667. The van der Waals surface area contributed by atoms with Crippen LogP contribution in [0.5, 0.6) is 0 Å². The van der Waals surface area contributed by atoms with Crippen LogP contribution in [0, 0.1) is 0 Å². The predicted molar refractivity (Wildman–Crippen MR) is 74.7 cm³/mol. The molecule has 0 aromatic carbocycles. The van der Waals surface area contributed by atoms with Crippen molar-refractivity contribution in [1.29, 1.82) is 0 Å². The minimum absolute atomic E-state index is 0.791. The Bertz CT molecular complexity index is 335. The summed E-state index contributed by atoms with van der Waals surface area (Å²) in [5, 5.41) is 32.8. The monoisotopic (exact) mass is 322 g/mol. The van der Waals surface area contributed by atoms with Gasteiger partial charge >= 0.3 is 23.9 Å². The van der Waals surface area contributed by atoms with E-state index in [9.17, 15) is 0 Å². The molecule has 0 radical (unpaired) electrons. The number of piperidine rings is 1. The van der Waals surface area contributed by atoms with E-state index in [-0.39, 0.29) is 0 Å². The van der Waals surface area contributed by atoms with E-state index in [4.69, 9.17) is 39.6 Å². The quantitative estimate of drug-likeness (QED) is 0.398. The molecule has 0 aromatic heterocycles. The first-order valence-corrected chi connectivity index (χ1v) is 6.40. The molecular formula is C12H22N2O8. The maximum atomic E-state index is 9.10. The van der Waals surface area contributed by atoms with Crippen LogP contribution in [0.3, 0.4) is 0 Å². The highest BCUT2D eigenvalue weighted by molar-refractivity contribution is 6.27. The average Bonchev–Trinajstić information content (AvgIpc) is 2.43. The van der Waals surface area contributed by atoms with E-state index in [0.29, 0.717) is 0 Å². The fourth-order valence-electron chi connectivity index (χ4n) is 1.64. The molecule has 0 aromatic rings. The number of carboxylic acids is 4. The lowest BCUT2D eigenvalue weighted by atomic mass is 10.0. The first kappa shape index (κ1) is 22.1. The molecule has 0 amide bonds. The van der Waals surface area contributed by atoms with Crippen molar-refractivity contribution >= 4 is 23.9 Å². The van der Waals surface area contributed by atoms with Crippen molar-refractivity contribution < 1.29 is 39.6 Å². The third kappa shape index (κ3) is 12.8. The largest absolute Gasteiger partial charge is 0.473 e. The van der Waals surface area contributed by atoms with Crippen LogP contribution in [-0.2, 0) is 19.2 Å². The normalized spacial score (nSPS) is 17.1. The van der Waals surface area contributed by atoms with Crippen molar-refractivity contribution in [2.75, 3.05) is 27.2 Å². The average molecular weight is 322 g/mol. The Kier molecular flexibility index (Phi) is 12.6. The number of likely N-dealkylation sites (N-methyl/N-ethyl adjacent to an activating group) is 2. The molecule has 1 heterocycles. The van der Waals surface area contributed by atoms with Crippen LogP contribution < -0.4 is 5.32 Å². The van der Waals surface area contributed by atoms with E-state index in [0.717, 1.165) is 12.6 Å². The number of aliphatic carboxylic acids is 4. The van der Waals surface area contributed by atoms with Gasteiger partial charge in [-0.3, -0.25) is 0 Å². The Balaban J connectivity index is 0. The Labute approximate surface area is 127 Å². The summed E-state index contributed by atoms with van der Waals surface area (Å²) in [6.45, 7) is 2.43. The zero-order valence-electron chi connectivity index (χ0n) is 12.5. The molecule has 22 heavy (non-hydrogen) atoms. The minimum Gasteiger partial charge on any atom is -0.473 e. The SMILES string of the molecule is CNCC1CCCCN1C.O=C(O)C(=O)O.O=C(O)C(=O)O. The summed E-state index contributed by atoms with van der Waals surface area (Å²) in [6.07, 6.45) is 4.17. The number of rotatable bonds is 2. The van der Waals surface area contributed by atoms with Crippen LogP contribution in [-0.4, -0.2) is 82.4 Å². The van der Waals surface area contributed by atoms with Gasteiger partial charge in [-0.05, 0) is 33.5 Å². The van der Waals surface area contributed by atoms with E-state index in [1.54, 1.807) is 0 Å². The summed E-state index contributed by atoms with van der Waals surface area (Å²) in [6, 6.07) is 0.791. The second-order valence-electron chi connectivity index (χ2n) is 4.41. The van der Waals surface area contributed by atoms with E-state index < -0.39 is 23.9 Å². The summed E-state index contributed by atoms with van der Waals surface area (Å²) in [4.78, 5) is 38.9. The maximum Gasteiger partial charge on any atom is 0.414 e. The Hall–Kier alpha value is -2.20. The highest BCUT2D eigenvalue weighted by Crippen LogP contribution is 2.13. The Morgan fingerprint density at radius 2 is 1.36 bits per heavy atom. The van der Waals surface area contributed by atoms with E-state index in [2.05, 4.69) is 17.3 Å². The van der Waals surface area contributed by atoms with Crippen LogP contribution >= 0.6 is 0 Å². The fourth-order valence-corrected chi connectivity index (χ4v) is 1.64. The second kappa shape index (κ2) is 12.5. The number of carboxylic acid groups (broad SMARTS) is 4. The molecule has 10 heteroatoms. The molecule has 1 fully saturated rings. The van der Waals surface area contributed by atoms with Gasteiger partial charge < -0.3 is 30.6 Å². The van der Waals surface area contributed by atoms with Crippen molar-refractivity contribution in [2.24, 2.45) is 0 Å². The number of hydrogen-bond acceptors (Lipinski definition) is 6. The number of likely N-dealkylation sites (tertiary alicyclic amines) is 1. The van der Waals surface area contributed by atoms with Crippen LogP contribution in [0.1, 0.15) is 19.3 Å². The zero-order valence-corrected chi connectivity index (χ0v) is 12.5. The van der Waals surface area contributed by atoms with Gasteiger partial charge in [0, 0.05) is 12.6 Å². The third-order valence-corrected chi connectivity index (χ3v) is 2.73. The topological polar surface area (TPSA) is 164 Å². The van der Waals surface area contributed by atoms with Crippen LogP contribution in [0.2, 0.25) is 0 Å². The van der Waals surface area contributed by atoms with Gasteiger partial charge in [-0.2, -0.15) is 0 Å². The highest BCUT2D eigenvalue weighted by Gasteiger charge is 2.16. The molecule has 128 valence electrons. The molecule has 1 unspecified atom stereocenters. The van der Waals surface area contributed by atoms with Gasteiger partial charge in [-0.15, -0.1) is 0 Å². The van der Waals surface area contributed by atoms with Gasteiger partial charge in [-0.1, -0.05) is 6.42 Å². The van der Waals surface area contributed by atoms with Crippen LogP contribution in [0.4, 0.5) is 0 Å². The molecule has 1 aliphatic heterocycles. The van der Waals surface area contributed by atoms with Gasteiger partial charge in [0.1, 0.15) is 0 Å². The number of nitrogens with zero attached hydrogens (tertiary/aromatic N) is 1. The van der Waals surface area contributed by atoms with Crippen molar-refractivity contribution in [2.45, 2.75) is 25.3 Å². The lowest BCUT2D eigenvalue weighted by Crippen LogP contribution is -2.42. The molecule has 10 nitrogen and oxygen atoms in total. The summed E-state index contributed by atoms with van der Waals surface area (Å²) >= 11 is 0. The van der Waals surface area contributed by atoms with Crippen molar-refractivity contribution in [3.05, 3.63) is 0 Å². The molecular weight excluding hydrogens is 300 g/mol. The highest BCUT2D eigenvalue weighted by atomic mass is 16.4. The Morgan fingerprint density at radius 1 is 0.955 bits per heavy atom. The standard InChI is InChI=1S/C8H18N2.2C2H2O4/c1-9-7-8-5-3-4-6-10(8)2;2*3-1(4)2(5)6/h8-9H,3-7H2,1-2H3;2*(H,3,4)(H,5,6). The van der Waals surface area contributed by atoms with Gasteiger partial charge in [0.05, 0.1) is 0 Å². The summed E-state index contributed by atoms with van der Waals surface area (Å²) in [5.41, 5.74) is 0. The second-order valence-corrected chi connectivity index (χ2v) is 4.41. The number of carbonyl (C=O) groups is 4. The first-order chi connectivity index (χ1) is 10.1. The van der Waals surface area contributed by atoms with Gasteiger partial charge in [0.2, 0.25) is 0 Å². The van der Waals surface area contributed by atoms with E-state index in [1.807, 2.05) is 7.05 Å². The molecule has 0 aliphatic carbocycles. The van der Waals surface area contributed by atoms with Gasteiger partial charge in [-0.25, -0.2) is 19.2 Å². The number of nitrogens with one attached hydrogen (secondary N) is 1. The number of hydrogen-bond donors (Lipinski definition) is 5. The smallest absolute Gasteiger partial charge is 0.414 e. The molecule has 0 spiro atoms. The summed E-state index contributed by atoms with van der Waals surface area (Å²) in [5.74, 6) is -7.30. The molecule has 1 rings (SSSR count). The lowest BCUT2D eigenvalue weighted by Gasteiger charge is -2.32. The summed E-state index contributed by atoms with van der Waals surface area (Å²) in [7, 11) is 4.25. The van der Waals surface area contributed by atoms with Crippen LogP contribution in [0.15, 0.2) is 0 Å². The minimum atomic E-state index is -1.82. The zero-order chi connectivity index (χ0) is 17.7. The van der Waals surface area contributed by atoms with E-state index >= 15 is 0 Å². The lowest BCUT2D eigenvalue weighted by molar-refractivity contribution is -0.159. The molecule has 1 aliphatic rings. The van der Waals surface area contributed by atoms with Crippen molar-refractivity contribution in [3.8, 4) is 0 Å². The third-order valence-electron chi connectivity index (χ3n) is 2.73. The van der Waals surface area contributed by atoms with Gasteiger partial charge in [0.15, 0.2) is 0 Å². The van der Waals surface area contributed by atoms with Gasteiger partial charge in [0.25, 0.3) is 0 Å². The van der Waals surface area contributed by atoms with Crippen molar-refractivity contribution in [1.82, 2.24) is 10.2 Å². The summed E-state index contributed by atoms with van der Waals surface area (Å²) < 4.78 is 0. The molecule has 5 N–H and O–H groups in total. The first-order valence-electron chi connectivity index (χ1n) is 6.40. The van der Waals surface area contributed by atoms with Crippen LogP contribution in [0.25, 0.3) is 0 Å². The van der Waals surface area contributed by atoms with E-state index in [1.165, 1.54) is 25.8 Å². The Morgan fingerprint density at radius 3 is 1.64 bits per heavy atom. The van der Waals surface area contributed by atoms with Crippen molar-refractivity contribution in [3.63, 3.8) is 0 Å². The molecule has 1 saturated heterocycles. The predicted octanol–water partition coefficient (Wildman–Crippen LogP) is -0.999. The molecule has 1 atom stereocenters. The molecule has 0 bridgehead atoms.